The Labute approximate surface area is 109 Å². The summed E-state index contributed by atoms with van der Waals surface area (Å²) in [6.07, 6.45) is 0.429. The van der Waals surface area contributed by atoms with Gasteiger partial charge in [-0.2, -0.15) is 0 Å². The minimum absolute atomic E-state index is 0.0476. The maximum Gasteiger partial charge on any atom is 0.253 e. The largest absolute Gasteiger partial charge is 0.345 e. The van der Waals surface area contributed by atoms with Gasteiger partial charge in [0.05, 0.1) is 0 Å². The van der Waals surface area contributed by atoms with Gasteiger partial charge in [-0.15, -0.1) is 0 Å². The van der Waals surface area contributed by atoms with Gasteiger partial charge >= 0.3 is 0 Å². The lowest BCUT2D eigenvalue weighted by Crippen LogP contribution is -2.21. The molecule has 1 N–H and O–H groups in total. The summed E-state index contributed by atoms with van der Waals surface area (Å²) >= 11 is 3.20. The maximum atomic E-state index is 11.6. The number of hydrogen-bond acceptors (Lipinski definition) is 2. The number of alkyl halides is 1. The van der Waals surface area contributed by atoms with E-state index in [0.717, 1.165) is 0 Å². The van der Waals surface area contributed by atoms with Gasteiger partial charge in [0.2, 0.25) is 5.91 Å². The Balaban J connectivity index is 2.68. The monoisotopic (exact) mass is 298 g/mol. The Morgan fingerprint density at radius 2 is 1.82 bits per heavy atom. The highest BCUT2D eigenvalue weighted by Gasteiger charge is 2.07. The summed E-state index contributed by atoms with van der Waals surface area (Å²) in [5.41, 5.74) is 1.31. The molecular weight excluding hydrogens is 284 g/mol. The highest BCUT2D eigenvalue weighted by molar-refractivity contribution is 9.09. The van der Waals surface area contributed by atoms with Gasteiger partial charge in [-0.1, -0.05) is 15.9 Å². The molecule has 1 rings (SSSR count). The lowest BCUT2D eigenvalue weighted by atomic mass is 10.2. The van der Waals surface area contributed by atoms with Crippen LogP contribution in [0.25, 0.3) is 0 Å². The fraction of sp³-hybridized carbons (Fsp3) is 0.333. The van der Waals surface area contributed by atoms with E-state index < -0.39 is 0 Å². The second kappa shape index (κ2) is 6.39. The van der Waals surface area contributed by atoms with Gasteiger partial charge < -0.3 is 10.2 Å². The number of benzene rings is 1. The molecule has 2 amide bonds. The third kappa shape index (κ3) is 4.19. The first-order valence-electron chi connectivity index (χ1n) is 5.22. The molecule has 17 heavy (non-hydrogen) atoms. The Hall–Kier alpha value is -1.36. The van der Waals surface area contributed by atoms with E-state index in [9.17, 15) is 9.59 Å². The van der Waals surface area contributed by atoms with Crippen LogP contribution in [-0.2, 0) is 4.79 Å². The molecule has 5 heteroatoms. The fourth-order valence-corrected chi connectivity index (χ4v) is 1.62. The van der Waals surface area contributed by atoms with Crippen molar-refractivity contribution in [2.45, 2.75) is 6.42 Å². The van der Waals surface area contributed by atoms with Crippen LogP contribution in [0.1, 0.15) is 16.8 Å². The van der Waals surface area contributed by atoms with Crippen LogP contribution in [-0.4, -0.2) is 36.1 Å². The first-order chi connectivity index (χ1) is 8.04. The summed E-state index contributed by atoms with van der Waals surface area (Å²) in [6, 6.07) is 6.85. The SMILES string of the molecule is CN(C)C(=O)c1ccc(NC(=O)CCBr)cc1. The first kappa shape index (κ1) is 13.7. The van der Waals surface area contributed by atoms with Gasteiger partial charge in [0.15, 0.2) is 0 Å². The smallest absolute Gasteiger partial charge is 0.253 e. The number of hydrogen-bond donors (Lipinski definition) is 1. The fourth-order valence-electron chi connectivity index (χ4n) is 1.26. The normalized spacial score (nSPS) is 9.82. The molecule has 0 spiro atoms. The van der Waals surface area contributed by atoms with Crippen molar-refractivity contribution in [3.8, 4) is 0 Å². The topological polar surface area (TPSA) is 49.4 Å². The molecule has 0 fully saturated rings. The molecule has 1 aromatic carbocycles. The van der Waals surface area contributed by atoms with Gasteiger partial charge in [0.1, 0.15) is 0 Å². The van der Waals surface area contributed by atoms with Crippen molar-refractivity contribution in [2.24, 2.45) is 0 Å². The second-order valence-electron chi connectivity index (χ2n) is 3.76. The van der Waals surface area contributed by atoms with Crippen molar-refractivity contribution < 1.29 is 9.59 Å². The van der Waals surface area contributed by atoms with Gasteiger partial charge in [0, 0.05) is 37.1 Å². The highest BCUT2D eigenvalue weighted by Crippen LogP contribution is 2.11. The Morgan fingerprint density at radius 3 is 2.29 bits per heavy atom. The van der Waals surface area contributed by atoms with Crippen LogP contribution in [0.15, 0.2) is 24.3 Å². The first-order valence-corrected chi connectivity index (χ1v) is 6.34. The summed E-state index contributed by atoms with van der Waals surface area (Å²) in [5, 5.41) is 3.38. The zero-order chi connectivity index (χ0) is 12.8. The van der Waals surface area contributed by atoms with Gasteiger partial charge in [-0.05, 0) is 24.3 Å². The van der Waals surface area contributed by atoms with Crippen molar-refractivity contribution in [2.75, 3.05) is 24.7 Å². The van der Waals surface area contributed by atoms with Gasteiger partial charge in [-0.25, -0.2) is 0 Å². The van der Waals surface area contributed by atoms with Crippen molar-refractivity contribution in [1.82, 2.24) is 4.90 Å². The molecule has 92 valence electrons. The van der Waals surface area contributed by atoms with Crippen LogP contribution in [0.2, 0.25) is 0 Å². The maximum absolute atomic E-state index is 11.6. The molecular formula is C12H15BrN2O2. The molecule has 1 aromatic rings. The second-order valence-corrected chi connectivity index (χ2v) is 4.56. The van der Waals surface area contributed by atoms with Crippen molar-refractivity contribution in [3.63, 3.8) is 0 Å². The molecule has 0 atom stereocenters. The van der Waals surface area contributed by atoms with Crippen molar-refractivity contribution >= 4 is 33.4 Å². The molecule has 4 nitrogen and oxygen atoms in total. The summed E-state index contributed by atoms with van der Waals surface area (Å²) in [4.78, 5) is 24.4. The van der Waals surface area contributed by atoms with E-state index in [1.807, 2.05) is 0 Å². The number of rotatable bonds is 4. The van der Waals surface area contributed by atoms with Crippen LogP contribution in [0.3, 0.4) is 0 Å². The Bertz CT molecular complexity index is 401. The van der Waals surface area contributed by atoms with Crippen molar-refractivity contribution in [1.29, 1.82) is 0 Å². The highest BCUT2D eigenvalue weighted by atomic mass is 79.9. The van der Waals surface area contributed by atoms with E-state index >= 15 is 0 Å². The molecule has 0 aliphatic heterocycles. The van der Waals surface area contributed by atoms with E-state index in [0.29, 0.717) is 23.0 Å². The number of nitrogens with zero attached hydrogens (tertiary/aromatic N) is 1. The Morgan fingerprint density at radius 1 is 1.24 bits per heavy atom. The van der Waals surface area contributed by atoms with E-state index in [4.69, 9.17) is 0 Å². The van der Waals surface area contributed by atoms with Crippen LogP contribution in [0, 0.1) is 0 Å². The summed E-state index contributed by atoms with van der Waals surface area (Å²) in [5.74, 6) is -0.100. The van der Waals surface area contributed by atoms with E-state index in [-0.39, 0.29) is 11.8 Å². The number of halogens is 1. The minimum Gasteiger partial charge on any atom is -0.345 e. The third-order valence-corrected chi connectivity index (χ3v) is 2.54. The average Bonchev–Trinajstić information content (AvgIpc) is 2.29. The molecule has 0 heterocycles. The number of carbonyl (C=O) groups excluding carboxylic acids is 2. The molecule has 0 saturated carbocycles. The number of nitrogens with one attached hydrogen (secondary N) is 1. The van der Waals surface area contributed by atoms with Gasteiger partial charge in [-0.3, -0.25) is 9.59 Å². The molecule has 0 bridgehead atoms. The predicted molar refractivity (Wildman–Crippen MR) is 71.5 cm³/mol. The van der Waals surface area contributed by atoms with Crippen LogP contribution >= 0.6 is 15.9 Å². The molecule has 0 radical (unpaired) electrons. The number of carbonyl (C=O) groups is 2. The van der Waals surface area contributed by atoms with Crippen LogP contribution in [0.4, 0.5) is 5.69 Å². The molecule has 0 aromatic heterocycles. The lowest BCUT2D eigenvalue weighted by molar-refractivity contribution is -0.115. The van der Waals surface area contributed by atoms with Gasteiger partial charge in [0.25, 0.3) is 5.91 Å². The summed E-state index contributed by atoms with van der Waals surface area (Å²) in [6.45, 7) is 0. The molecule has 0 aliphatic carbocycles. The minimum atomic E-state index is -0.0525. The van der Waals surface area contributed by atoms with E-state index in [1.165, 1.54) is 4.90 Å². The molecule has 0 unspecified atom stereocenters. The quantitative estimate of drug-likeness (QED) is 0.866. The zero-order valence-electron chi connectivity index (χ0n) is 9.87. The molecule has 0 aliphatic rings. The van der Waals surface area contributed by atoms with Crippen LogP contribution < -0.4 is 5.32 Å². The number of anilines is 1. The van der Waals surface area contributed by atoms with Crippen molar-refractivity contribution in [3.05, 3.63) is 29.8 Å². The van der Waals surface area contributed by atoms with E-state index in [2.05, 4.69) is 21.2 Å². The molecule has 0 saturated heterocycles. The lowest BCUT2D eigenvalue weighted by Gasteiger charge is -2.10. The Kier molecular flexibility index (Phi) is 5.15. The summed E-state index contributed by atoms with van der Waals surface area (Å²) in [7, 11) is 3.40. The average molecular weight is 299 g/mol. The zero-order valence-corrected chi connectivity index (χ0v) is 11.5. The third-order valence-electron chi connectivity index (χ3n) is 2.14. The number of amides is 2. The predicted octanol–water partition coefficient (Wildman–Crippen LogP) is 2.11. The standard InChI is InChI=1S/C12H15BrN2O2/c1-15(2)12(17)9-3-5-10(6-4-9)14-11(16)7-8-13/h3-6H,7-8H2,1-2H3,(H,14,16). The summed E-state index contributed by atoms with van der Waals surface area (Å²) < 4.78 is 0. The van der Waals surface area contributed by atoms with Crippen LogP contribution in [0.5, 0.6) is 0 Å². The van der Waals surface area contributed by atoms with E-state index in [1.54, 1.807) is 38.4 Å².